The number of rotatable bonds is 8. The number of unbranched alkanes of at least 4 members (excludes halogenated alkanes) is 2. The Morgan fingerprint density at radius 3 is 2.44 bits per heavy atom. The Labute approximate surface area is 168 Å². The third-order valence-corrected chi connectivity index (χ3v) is 4.92. The van der Waals surface area contributed by atoms with Crippen LogP contribution in [0.25, 0.3) is 11.1 Å². The topological polar surface area (TPSA) is 25.4 Å². The molecule has 0 bridgehead atoms. The van der Waals surface area contributed by atoms with Gasteiger partial charge in [0.1, 0.15) is 5.82 Å². The molecule has 5 heteroatoms. The van der Waals surface area contributed by atoms with Gasteiger partial charge < -0.3 is 9.64 Å². The zero-order chi connectivity index (χ0) is 18.2. The maximum absolute atomic E-state index is 13.1. The number of hydrogen-bond acceptors (Lipinski definition) is 3. The van der Waals surface area contributed by atoms with Gasteiger partial charge in [-0.25, -0.2) is 9.37 Å². The molecule has 148 valence electrons. The quantitative estimate of drug-likeness (QED) is 0.542. The molecule has 0 spiro atoms. The number of benzene rings is 1. The van der Waals surface area contributed by atoms with Crippen molar-refractivity contribution >= 4 is 12.4 Å². The van der Waals surface area contributed by atoms with Gasteiger partial charge in [-0.05, 0) is 88.0 Å². The van der Waals surface area contributed by atoms with Crippen LogP contribution >= 0.6 is 12.4 Å². The molecule has 0 unspecified atom stereocenters. The van der Waals surface area contributed by atoms with Crippen LogP contribution in [-0.2, 0) is 0 Å². The molecule has 1 aliphatic rings. The highest BCUT2D eigenvalue weighted by Gasteiger charge is 2.09. The lowest BCUT2D eigenvalue weighted by Gasteiger charge is -2.26. The van der Waals surface area contributed by atoms with E-state index in [1.165, 1.54) is 63.9 Å². The van der Waals surface area contributed by atoms with Crippen molar-refractivity contribution in [1.29, 1.82) is 0 Å². The summed E-state index contributed by atoms with van der Waals surface area (Å²) in [6.45, 7) is 6.42. The maximum Gasteiger partial charge on any atom is 0.214 e. The van der Waals surface area contributed by atoms with Gasteiger partial charge in [0.2, 0.25) is 5.88 Å². The summed E-state index contributed by atoms with van der Waals surface area (Å²) in [5.41, 5.74) is 2.90. The summed E-state index contributed by atoms with van der Waals surface area (Å²) >= 11 is 0. The molecule has 1 aromatic carbocycles. The summed E-state index contributed by atoms with van der Waals surface area (Å²) < 4.78 is 19.0. The second-order valence-corrected chi connectivity index (χ2v) is 7.15. The van der Waals surface area contributed by atoms with Crippen molar-refractivity contribution in [2.75, 3.05) is 26.2 Å². The van der Waals surface area contributed by atoms with Crippen molar-refractivity contribution in [1.82, 2.24) is 9.88 Å². The molecule has 3 nitrogen and oxygen atoms in total. The lowest BCUT2D eigenvalue weighted by molar-refractivity contribution is 0.220. The number of hydrogen-bond donors (Lipinski definition) is 0. The summed E-state index contributed by atoms with van der Waals surface area (Å²) in [7, 11) is 0. The number of aromatic nitrogens is 1. The molecule has 1 aliphatic heterocycles. The van der Waals surface area contributed by atoms with Crippen LogP contribution in [0.3, 0.4) is 0 Å². The predicted octanol–water partition coefficient (Wildman–Crippen LogP) is 5.65. The van der Waals surface area contributed by atoms with E-state index < -0.39 is 0 Å². The number of piperidine rings is 1. The standard InChI is InChI=1S/C22H29FN2O.ClH/c1-18-16-20(19-8-10-21(23)11-9-19)17-22(24-18)26-15-7-3-6-14-25-12-4-2-5-13-25;/h8-11,16-17H,2-7,12-15H2,1H3;1H. The lowest BCUT2D eigenvalue weighted by Crippen LogP contribution is -2.30. The summed E-state index contributed by atoms with van der Waals surface area (Å²) in [5, 5.41) is 0. The van der Waals surface area contributed by atoms with Crippen molar-refractivity contribution in [2.45, 2.75) is 45.4 Å². The second kappa shape index (κ2) is 11.3. The van der Waals surface area contributed by atoms with Crippen LogP contribution in [0.1, 0.15) is 44.2 Å². The van der Waals surface area contributed by atoms with Crippen molar-refractivity contribution in [3.8, 4) is 17.0 Å². The summed E-state index contributed by atoms with van der Waals surface area (Å²) in [6, 6.07) is 10.5. The highest BCUT2D eigenvalue weighted by atomic mass is 35.5. The number of halogens is 2. The first-order valence-electron chi connectivity index (χ1n) is 9.80. The minimum Gasteiger partial charge on any atom is -0.478 e. The molecule has 1 aromatic heterocycles. The third-order valence-electron chi connectivity index (χ3n) is 4.92. The molecule has 0 saturated carbocycles. The predicted molar refractivity (Wildman–Crippen MR) is 111 cm³/mol. The Kier molecular flexibility index (Phi) is 9.02. The van der Waals surface area contributed by atoms with E-state index >= 15 is 0 Å². The van der Waals surface area contributed by atoms with E-state index in [0.29, 0.717) is 12.5 Å². The van der Waals surface area contributed by atoms with Crippen LogP contribution in [0.2, 0.25) is 0 Å². The second-order valence-electron chi connectivity index (χ2n) is 7.15. The van der Waals surface area contributed by atoms with Gasteiger partial charge in [-0.15, -0.1) is 12.4 Å². The van der Waals surface area contributed by atoms with E-state index in [1.807, 2.05) is 19.1 Å². The van der Waals surface area contributed by atoms with Gasteiger partial charge >= 0.3 is 0 Å². The zero-order valence-corrected chi connectivity index (χ0v) is 16.9. The van der Waals surface area contributed by atoms with Crippen LogP contribution in [0.5, 0.6) is 5.88 Å². The number of nitrogens with zero attached hydrogens (tertiary/aromatic N) is 2. The molecule has 0 atom stereocenters. The number of ether oxygens (including phenoxy) is 1. The van der Waals surface area contributed by atoms with E-state index in [0.717, 1.165) is 23.2 Å². The fraction of sp³-hybridized carbons (Fsp3) is 0.500. The van der Waals surface area contributed by atoms with E-state index in [4.69, 9.17) is 4.74 Å². The fourth-order valence-electron chi connectivity index (χ4n) is 3.50. The maximum atomic E-state index is 13.1. The SMILES string of the molecule is Cc1cc(-c2ccc(F)cc2)cc(OCCCCCN2CCCCC2)n1.Cl. The first-order chi connectivity index (χ1) is 12.7. The Hall–Kier alpha value is -1.65. The summed E-state index contributed by atoms with van der Waals surface area (Å²) in [4.78, 5) is 7.05. The molecule has 27 heavy (non-hydrogen) atoms. The third kappa shape index (κ3) is 7.11. The molecule has 2 heterocycles. The Morgan fingerprint density at radius 1 is 0.963 bits per heavy atom. The molecule has 0 aliphatic carbocycles. The van der Waals surface area contributed by atoms with E-state index in [9.17, 15) is 4.39 Å². The van der Waals surface area contributed by atoms with Gasteiger partial charge in [0.05, 0.1) is 6.61 Å². The molecule has 0 amide bonds. The summed E-state index contributed by atoms with van der Waals surface area (Å²) in [6.07, 6.45) is 7.60. The van der Waals surface area contributed by atoms with E-state index in [1.54, 1.807) is 12.1 Å². The first kappa shape index (κ1) is 21.6. The Morgan fingerprint density at radius 2 is 1.70 bits per heavy atom. The van der Waals surface area contributed by atoms with Crippen molar-refractivity contribution in [3.05, 3.63) is 47.9 Å². The molecule has 0 radical (unpaired) electrons. The minimum atomic E-state index is -0.222. The molecule has 0 N–H and O–H groups in total. The van der Waals surface area contributed by atoms with Crippen LogP contribution in [0.4, 0.5) is 4.39 Å². The molecule has 1 saturated heterocycles. The van der Waals surface area contributed by atoms with Gasteiger partial charge in [-0.3, -0.25) is 0 Å². The van der Waals surface area contributed by atoms with Crippen molar-refractivity contribution in [2.24, 2.45) is 0 Å². The van der Waals surface area contributed by atoms with Gasteiger partial charge in [0.25, 0.3) is 0 Å². The molecule has 1 fully saturated rings. The molecular formula is C22H30ClFN2O. The van der Waals surface area contributed by atoms with Crippen molar-refractivity contribution < 1.29 is 9.13 Å². The van der Waals surface area contributed by atoms with Crippen LogP contribution < -0.4 is 4.74 Å². The Balaban J connectivity index is 0.00000261. The van der Waals surface area contributed by atoms with Gasteiger partial charge in [0.15, 0.2) is 0 Å². The highest BCUT2D eigenvalue weighted by molar-refractivity contribution is 5.85. The van der Waals surface area contributed by atoms with Crippen LogP contribution in [0, 0.1) is 12.7 Å². The number of pyridine rings is 1. The smallest absolute Gasteiger partial charge is 0.214 e. The zero-order valence-electron chi connectivity index (χ0n) is 16.1. The monoisotopic (exact) mass is 392 g/mol. The largest absolute Gasteiger partial charge is 0.478 e. The van der Waals surface area contributed by atoms with Gasteiger partial charge in [0, 0.05) is 11.8 Å². The van der Waals surface area contributed by atoms with E-state index in [2.05, 4.69) is 9.88 Å². The molecule has 3 rings (SSSR count). The summed E-state index contributed by atoms with van der Waals surface area (Å²) in [5.74, 6) is 0.431. The van der Waals surface area contributed by atoms with Crippen LogP contribution in [0.15, 0.2) is 36.4 Å². The number of aryl methyl sites for hydroxylation is 1. The minimum absolute atomic E-state index is 0. The molecule has 2 aromatic rings. The lowest BCUT2D eigenvalue weighted by atomic mass is 10.1. The first-order valence-corrected chi connectivity index (χ1v) is 9.80. The molecular weight excluding hydrogens is 363 g/mol. The fourth-order valence-corrected chi connectivity index (χ4v) is 3.50. The van der Waals surface area contributed by atoms with Crippen molar-refractivity contribution in [3.63, 3.8) is 0 Å². The average molecular weight is 393 g/mol. The average Bonchev–Trinajstić information content (AvgIpc) is 2.65. The normalized spacial score (nSPS) is 14.6. The number of likely N-dealkylation sites (tertiary alicyclic amines) is 1. The van der Waals surface area contributed by atoms with Crippen LogP contribution in [-0.4, -0.2) is 36.1 Å². The van der Waals surface area contributed by atoms with Gasteiger partial charge in [-0.1, -0.05) is 18.6 Å². The Bertz CT molecular complexity index is 687. The van der Waals surface area contributed by atoms with Gasteiger partial charge in [-0.2, -0.15) is 0 Å². The highest BCUT2D eigenvalue weighted by Crippen LogP contribution is 2.24. The van der Waals surface area contributed by atoms with E-state index in [-0.39, 0.29) is 18.2 Å².